The Morgan fingerprint density at radius 1 is 1.29 bits per heavy atom. The summed E-state index contributed by atoms with van der Waals surface area (Å²) in [6.07, 6.45) is 1.03. The van der Waals surface area contributed by atoms with E-state index in [1.807, 2.05) is 6.92 Å². The maximum atomic E-state index is 12.5. The number of quaternary nitrogens is 1. The molecule has 114 valence electrons. The van der Waals surface area contributed by atoms with Gasteiger partial charge >= 0.3 is 5.91 Å². The van der Waals surface area contributed by atoms with Crippen molar-refractivity contribution in [2.24, 2.45) is 5.73 Å². The molecule has 1 heterocycles. The number of rotatable bonds is 4. The molecule has 1 fully saturated rings. The number of carbonyl (C=O) groups excluding carboxylic acids is 2. The van der Waals surface area contributed by atoms with E-state index in [2.05, 4.69) is 32.9 Å². The molecule has 4 heteroatoms. The molecule has 1 aromatic rings. The molecule has 2 N–H and O–H groups in total. The molecule has 0 bridgehead atoms. The van der Waals surface area contributed by atoms with Crippen LogP contribution in [0, 0.1) is 20.8 Å². The molecule has 1 aromatic carbocycles. The molecule has 2 atom stereocenters. The Labute approximate surface area is 126 Å². The smallest absolute Gasteiger partial charge is 0.314 e. The molecule has 0 radical (unpaired) electrons. The van der Waals surface area contributed by atoms with Crippen LogP contribution < -0.4 is 5.73 Å². The average Bonchev–Trinajstić information content (AvgIpc) is 2.71. The summed E-state index contributed by atoms with van der Waals surface area (Å²) in [7, 11) is 0. The number of carbonyl (C=O) groups is 2. The lowest BCUT2D eigenvalue weighted by molar-refractivity contribution is -0.873. The summed E-state index contributed by atoms with van der Waals surface area (Å²) in [5.41, 5.74) is 10.3. The van der Waals surface area contributed by atoms with Gasteiger partial charge in [-0.25, -0.2) is 9.28 Å². The van der Waals surface area contributed by atoms with Gasteiger partial charge in [-0.3, -0.25) is 4.79 Å². The zero-order chi connectivity index (χ0) is 15.8. The Hall–Kier alpha value is -1.68. The predicted molar refractivity (Wildman–Crippen MR) is 82.4 cm³/mol. The average molecular weight is 289 g/mol. The quantitative estimate of drug-likeness (QED) is 0.863. The monoisotopic (exact) mass is 289 g/mol. The topological polar surface area (TPSA) is 60.2 Å². The molecule has 1 aliphatic rings. The second kappa shape index (κ2) is 5.60. The van der Waals surface area contributed by atoms with Crippen molar-refractivity contribution in [2.45, 2.75) is 53.1 Å². The van der Waals surface area contributed by atoms with Crippen molar-refractivity contribution in [2.75, 3.05) is 6.54 Å². The molecule has 0 saturated carbocycles. The molecule has 1 saturated heterocycles. The number of amides is 2. The van der Waals surface area contributed by atoms with Gasteiger partial charge in [-0.05, 0) is 38.8 Å². The van der Waals surface area contributed by atoms with Crippen LogP contribution in [0.4, 0.5) is 0 Å². The first kappa shape index (κ1) is 15.7. The van der Waals surface area contributed by atoms with Gasteiger partial charge in [0, 0.05) is 12.0 Å². The Morgan fingerprint density at radius 2 is 1.86 bits per heavy atom. The Bertz CT molecular complexity index is 571. The molecule has 1 aliphatic heterocycles. The van der Waals surface area contributed by atoms with Crippen molar-refractivity contribution in [3.8, 4) is 0 Å². The van der Waals surface area contributed by atoms with E-state index in [4.69, 9.17) is 5.73 Å². The van der Waals surface area contributed by atoms with Crippen LogP contribution >= 0.6 is 0 Å². The third kappa shape index (κ3) is 2.60. The van der Waals surface area contributed by atoms with Crippen LogP contribution in [0.3, 0.4) is 0 Å². The van der Waals surface area contributed by atoms with Crippen molar-refractivity contribution < 1.29 is 14.1 Å². The van der Waals surface area contributed by atoms with Crippen molar-refractivity contribution in [1.82, 2.24) is 0 Å². The van der Waals surface area contributed by atoms with Gasteiger partial charge in [-0.1, -0.05) is 17.7 Å². The van der Waals surface area contributed by atoms with Crippen molar-refractivity contribution >= 4 is 11.8 Å². The highest BCUT2D eigenvalue weighted by atomic mass is 16.2. The lowest BCUT2D eigenvalue weighted by Gasteiger charge is -2.36. The maximum Gasteiger partial charge on any atom is 0.314 e. The van der Waals surface area contributed by atoms with Crippen molar-refractivity contribution in [1.29, 1.82) is 0 Å². The first-order valence-electron chi connectivity index (χ1n) is 7.58. The minimum atomic E-state index is -0.386. The van der Waals surface area contributed by atoms with E-state index >= 15 is 0 Å². The SMILES string of the molecule is CC[N+]1(Cc2c(C)cc(C)cc2C)C(=O)CC[C@H]1C(N)=O. The number of benzene rings is 1. The van der Waals surface area contributed by atoms with E-state index in [1.165, 1.54) is 22.3 Å². The van der Waals surface area contributed by atoms with Gasteiger partial charge in [0.05, 0.1) is 13.0 Å². The Morgan fingerprint density at radius 3 is 2.33 bits per heavy atom. The number of hydrogen-bond donors (Lipinski definition) is 1. The lowest BCUT2D eigenvalue weighted by atomic mass is 9.98. The first-order chi connectivity index (χ1) is 9.81. The summed E-state index contributed by atoms with van der Waals surface area (Å²) in [6, 6.07) is 3.88. The van der Waals surface area contributed by atoms with Gasteiger partial charge in [-0.15, -0.1) is 0 Å². The maximum absolute atomic E-state index is 12.5. The van der Waals surface area contributed by atoms with Gasteiger partial charge in [0.2, 0.25) is 0 Å². The molecule has 2 amide bonds. The minimum Gasteiger partial charge on any atom is -0.364 e. The lowest BCUT2D eigenvalue weighted by Crippen LogP contribution is -2.58. The highest BCUT2D eigenvalue weighted by Gasteiger charge is 2.51. The number of aryl methyl sites for hydroxylation is 3. The summed E-state index contributed by atoms with van der Waals surface area (Å²) in [4.78, 5) is 24.3. The predicted octanol–water partition coefficient (Wildman–Crippen LogP) is 2.12. The molecule has 21 heavy (non-hydrogen) atoms. The third-order valence-corrected chi connectivity index (χ3v) is 4.90. The van der Waals surface area contributed by atoms with E-state index < -0.39 is 0 Å². The molecule has 0 spiro atoms. The van der Waals surface area contributed by atoms with Crippen molar-refractivity contribution in [3.05, 3.63) is 34.4 Å². The number of nitrogens with zero attached hydrogens (tertiary/aromatic N) is 1. The van der Waals surface area contributed by atoms with Gasteiger partial charge in [0.25, 0.3) is 5.91 Å². The molecular formula is C17H25N2O2+. The Kier molecular flexibility index (Phi) is 4.19. The van der Waals surface area contributed by atoms with Gasteiger partial charge in [-0.2, -0.15) is 0 Å². The molecule has 2 rings (SSSR count). The normalized spacial score (nSPS) is 25.3. The minimum absolute atomic E-state index is 0.140. The largest absolute Gasteiger partial charge is 0.364 e. The summed E-state index contributed by atoms with van der Waals surface area (Å²) < 4.78 is 0.181. The number of hydrogen-bond acceptors (Lipinski definition) is 2. The number of likely N-dealkylation sites (N-methyl/N-ethyl adjacent to an activating group) is 1. The zero-order valence-corrected chi connectivity index (χ0v) is 13.4. The zero-order valence-electron chi connectivity index (χ0n) is 13.4. The highest BCUT2D eigenvalue weighted by Crippen LogP contribution is 2.33. The van der Waals surface area contributed by atoms with Crippen LogP contribution in [-0.4, -0.2) is 28.9 Å². The highest BCUT2D eigenvalue weighted by molar-refractivity contribution is 5.84. The summed E-state index contributed by atoms with van der Waals surface area (Å²) in [6.45, 7) is 9.36. The fourth-order valence-electron chi connectivity index (χ4n) is 3.74. The summed E-state index contributed by atoms with van der Waals surface area (Å²) in [5, 5.41) is 0. The van der Waals surface area contributed by atoms with Gasteiger partial charge in [0.15, 0.2) is 6.04 Å². The van der Waals surface area contributed by atoms with E-state index in [9.17, 15) is 9.59 Å². The third-order valence-electron chi connectivity index (χ3n) is 4.90. The second-order valence-corrected chi connectivity index (χ2v) is 6.24. The second-order valence-electron chi connectivity index (χ2n) is 6.24. The van der Waals surface area contributed by atoms with Gasteiger partial charge in [0.1, 0.15) is 6.54 Å². The van der Waals surface area contributed by atoms with Crippen LogP contribution in [0.2, 0.25) is 0 Å². The van der Waals surface area contributed by atoms with Crippen molar-refractivity contribution in [3.63, 3.8) is 0 Å². The van der Waals surface area contributed by atoms with E-state index in [0.717, 1.165) is 0 Å². The number of primary amides is 1. The first-order valence-corrected chi connectivity index (χ1v) is 7.58. The molecular weight excluding hydrogens is 264 g/mol. The fraction of sp³-hybridized carbons (Fsp3) is 0.529. The Balaban J connectivity index is 2.48. The number of nitrogens with two attached hydrogens (primary N) is 1. The number of likely N-dealkylation sites (tertiary alicyclic amines) is 1. The summed E-state index contributed by atoms with van der Waals surface area (Å²) in [5.74, 6) is -0.217. The molecule has 0 aromatic heterocycles. The molecule has 0 aliphatic carbocycles. The fourth-order valence-corrected chi connectivity index (χ4v) is 3.74. The van der Waals surface area contributed by atoms with Crippen LogP contribution in [0.1, 0.15) is 42.0 Å². The molecule has 4 nitrogen and oxygen atoms in total. The standard InChI is InChI=1S/C17H24N2O2/c1-5-19(15(17(18)21)6-7-16(19)20)10-14-12(3)8-11(2)9-13(14)4/h8-9,15H,5-7,10H2,1-4H3,(H-,18,21)/p+1/t15-,19?/m0/s1. The van der Waals surface area contributed by atoms with E-state index in [-0.39, 0.29) is 22.3 Å². The van der Waals surface area contributed by atoms with Crippen LogP contribution in [0.15, 0.2) is 12.1 Å². The van der Waals surface area contributed by atoms with Gasteiger partial charge < -0.3 is 5.73 Å². The van der Waals surface area contributed by atoms with E-state index in [1.54, 1.807) is 0 Å². The van der Waals surface area contributed by atoms with Crippen LogP contribution in [-0.2, 0) is 16.1 Å². The summed E-state index contributed by atoms with van der Waals surface area (Å²) >= 11 is 0. The van der Waals surface area contributed by atoms with Crippen LogP contribution in [0.25, 0.3) is 0 Å². The molecule has 1 unspecified atom stereocenters. The van der Waals surface area contributed by atoms with E-state index in [0.29, 0.717) is 25.9 Å². The van der Waals surface area contributed by atoms with Crippen LogP contribution in [0.5, 0.6) is 0 Å².